The van der Waals surface area contributed by atoms with Crippen molar-refractivity contribution in [3.8, 4) is 0 Å². The van der Waals surface area contributed by atoms with Crippen LogP contribution in [0.15, 0.2) is 71.8 Å². The number of hydrogen-bond acceptors (Lipinski definition) is 3. The lowest BCUT2D eigenvalue weighted by Crippen LogP contribution is -2.27. The summed E-state index contributed by atoms with van der Waals surface area (Å²) in [5, 5.41) is 0.933. The molecular weight excluding hydrogens is 513 g/mol. The molecule has 1 saturated heterocycles. The minimum Gasteiger partial charge on any atom is -0.342 e. The van der Waals surface area contributed by atoms with Crippen LogP contribution in [-0.4, -0.2) is 20.6 Å². The Labute approximate surface area is 213 Å². The van der Waals surface area contributed by atoms with Crippen molar-refractivity contribution < 1.29 is 18.4 Å². The summed E-state index contributed by atoms with van der Waals surface area (Å²) < 4.78 is 28.8. The molecule has 0 aliphatic carbocycles. The van der Waals surface area contributed by atoms with Gasteiger partial charge in [0.1, 0.15) is 11.6 Å². The van der Waals surface area contributed by atoms with Crippen LogP contribution in [0.25, 0.3) is 17.0 Å². The standard InChI is InChI=1S/C26H16Cl2F2N2O2S/c27-21-10-18(29)7-5-15(21)12-31-13-17(20-3-1-2-4-23(20)31)9-24-25(33)32(26(34)35-24)14-16-6-8-19(30)11-22(16)28/h1-11,13H,12,14H2/b24-9+. The number of rotatable bonds is 5. The van der Waals surface area contributed by atoms with Gasteiger partial charge in [0.25, 0.3) is 11.1 Å². The van der Waals surface area contributed by atoms with Gasteiger partial charge in [-0.1, -0.05) is 53.5 Å². The Morgan fingerprint density at radius 3 is 2.14 bits per heavy atom. The van der Waals surface area contributed by atoms with Gasteiger partial charge in [0.15, 0.2) is 0 Å². The zero-order valence-electron chi connectivity index (χ0n) is 18.0. The molecule has 4 aromatic rings. The number of thioether (sulfide) groups is 1. The number of para-hydroxylation sites is 1. The molecule has 176 valence electrons. The molecule has 3 aromatic carbocycles. The number of nitrogens with zero attached hydrogens (tertiary/aromatic N) is 2. The Bertz CT molecular complexity index is 1530. The molecule has 9 heteroatoms. The summed E-state index contributed by atoms with van der Waals surface area (Å²) in [6.07, 6.45) is 3.55. The molecular formula is C26H16Cl2F2N2O2S. The summed E-state index contributed by atoms with van der Waals surface area (Å²) >= 11 is 13.1. The van der Waals surface area contributed by atoms with Gasteiger partial charge >= 0.3 is 0 Å². The van der Waals surface area contributed by atoms with Gasteiger partial charge in [0.05, 0.1) is 11.4 Å². The van der Waals surface area contributed by atoms with Crippen LogP contribution in [0.3, 0.4) is 0 Å². The second-order valence-electron chi connectivity index (χ2n) is 7.97. The van der Waals surface area contributed by atoms with Gasteiger partial charge in [-0.25, -0.2) is 8.78 Å². The second kappa shape index (κ2) is 9.49. The van der Waals surface area contributed by atoms with Gasteiger partial charge in [-0.3, -0.25) is 14.5 Å². The molecule has 0 saturated carbocycles. The van der Waals surface area contributed by atoms with Crippen LogP contribution >= 0.6 is 35.0 Å². The zero-order chi connectivity index (χ0) is 24.7. The highest BCUT2D eigenvalue weighted by atomic mass is 35.5. The zero-order valence-corrected chi connectivity index (χ0v) is 20.3. The molecule has 1 fully saturated rings. The molecule has 0 atom stereocenters. The van der Waals surface area contributed by atoms with E-state index in [1.54, 1.807) is 12.1 Å². The molecule has 0 N–H and O–H groups in total. The van der Waals surface area contributed by atoms with Crippen LogP contribution in [0.2, 0.25) is 10.0 Å². The minimum atomic E-state index is -0.494. The average molecular weight is 529 g/mol. The van der Waals surface area contributed by atoms with Crippen LogP contribution in [0.4, 0.5) is 13.6 Å². The van der Waals surface area contributed by atoms with Crippen molar-refractivity contribution in [3.63, 3.8) is 0 Å². The van der Waals surface area contributed by atoms with Crippen molar-refractivity contribution in [1.82, 2.24) is 9.47 Å². The summed E-state index contributed by atoms with van der Waals surface area (Å²) in [6, 6.07) is 15.7. The van der Waals surface area contributed by atoms with E-state index in [2.05, 4.69) is 0 Å². The van der Waals surface area contributed by atoms with Gasteiger partial charge in [-0.15, -0.1) is 0 Å². The van der Waals surface area contributed by atoms with E-state index in [1.807, 2.05) is 35.0 Å². The first kappa shape index (κ1) is 23.6. The highest BCUT2D eigenvalue weighted by molar-refractivity contribution is 8.18. The quantitative estimate of drug-likeness (QED) is 0.251. The lowest BCUT2D eigenvalue weighted by atomic mass is 10.1. The molecule has 35 heavy (non-hydrogen) atoms. The Morgan fingerprint density at radius 1 is 0.857 bits per heavy atom. The number of amides is 2. The number of halogens is 4. The highest BCUT2D eigenvalue weighted by Crippen LogP contribution is 2.36. The summed E-state index contributed by atoms with van der Waals surface area (Å²) in [5.41, 5.74) is 2.88. The maximum atomic E-state index is 13.5. The SMILES string of the molecule is O=C1S/C(=C/c2cn(Cc3ccc(F)cc3Cl)c3ccccc23)C(=O)N1Cc1ccc(F)cc1Cl. The molecule has 5 rings (SSSR count). The maximum Gasteiger partial charge on any atom is 0.293 e. The van der Waals surface area contributed by atoms with Crippen molar-refractivity contribution in [2.24, 2.45) is 0 Å². The van der Waals surface area contributed by atoms with Gasteiger partial charge in [-0.05, 0) is 59.3 Å². The molecule has 0 bridgehead atoms. The second-order valence-corrected chi connectivity index (χ2v) is 9.78. The predicted octanol–water partition coefficient (Wildman–Crippen LogP) is 7.51. The largest absolute Gasteiger partial charge is 0.342 e. The molecule has 2 amide bonds. The van der Waals surface area contributed by atoms with Gasteiger partial charge in [-0.2, -0.15) is 0 Å². The van der Waals surface area contributed by atoms with E-state index >= 15 is 0 Å². The third kappa shape index (κ3) is 4.72. The van der Waals surface area contributed by atoms with Crippen molar-refractivity contribution in [2.75, 3.05) is 0 Å². The van der Waals surface area contributed by atoms with Crippen molar-refractivity contribution in [3.05, 3.63) is 110 Å². The van der Waals surface area contributed by atoms with Gasteiger partial charge in [0, 0.05) is 39.3 Å². The van der Waals surface area contributed by atoms with E-state index in [-0.39, 0.29) is 16.5 Å². The van der Waals surface area contributed by atoms with Crippen LogP contribution in [0.1, 0.15) is 16.7 Å². The van der Waals surface area contributed by atoms with Crippen LogP contribution in [-0.2, 0) is 17.9 Å². The van der Waals surface area contributed by atoms with E-state index in [4.69, 9.17) is 23.2 Å². The van der Waals surface area contributed by atoms with Crippen molar-refractivity contribution >= 4 is 63.1 Å². The third-order valence-corrected chi connectivity index (χ3v) is 7.29. The molecule has 2 heterocycles. The number of imide groups is 1. The van der Waals surface area contributed by atoms with E-state index in [9.17, 15) is 18.4 Å². The summed E-state index contributed by atoms with van der Waals surface area (Å²) in [6.45, 7) is 0.351. The summed E-state index contributed by atoms with van der Waals surface area (Å²) in [7, 11) is 0. The monoisotopic (exact) mass is 528 g/mol. The number of carbonyl (C=O) groups excluding carboxylic acids is 2. The van der Waals surface area contributed by atoms with E-state index in [0.29, 0.717) is 17.1 Å². The topological polar surface area (TPSA) is 42.3 Å². The fourth-order valence-corrected chi connectivity index (χ4v) is 5.24. The molecule has 4 nitrogen and oxygen atoms in total. The van der Waals surface area contributed by atoms with Crippen molar-refractivity contribution in [1.29, 1.82) is 0 Å². The van der Waals surface area contributed by atoms with Crippen LogP contribution < -0.4 is 0 Å². The van der Waals surface area contributed by atoms with Crippen LogP contribution in [0, 0.1) is 11.6 Å². The van der Waals surface area contributed by atoms with E-state index < -0.39 is 22.8 Å². The molecule has 0 unspecified atom stereocenters. The van der Waals surface area contributed by atoms with Gasteiger partial charge < -0.3 is 4.57 Å². The molecule has 1 aliphatic heterocycles. The van der Waals surface area contributed by atoms with E-state index in [0.717, 1.165) is 44.8 Å². The summed E-state index contributed by atoms with van der Waals surface area (Å²) in [4.78, 5) is 27.0. The average Bonchev–Trinajstić information content (AvgIpc) is 3.29. The maximum absolute atomic E-state index is 13.5. The normalized spacial score (nSPS) is 15.1. The first-order valence-corrected chi connectivity index (χ1v) is 12.1. The van der Waals surface area contributed by atoms with Crippen LogP contribution in [0.5, 0.6) is 0 Å². The minimum absolute atomic E-state index is 0.0497. The lowest BCUT2D eigenvalue weighted by Gasteiger charge is -2.13. The Morgan fingerprint density at radius 2 is 1.49 bits per heavy atom. The molecule has 1 aliphatic rings. The van der Waals surface area contributed by atoms with E-state index in [1.165, 1.54) is 24.3 Å². The highest BCUT2D eigenvalue weighted by Gasteiger charge is 2.35. The van der Waals surface area contributed by atoms with Gasteiger partial charge in [0.2, 0.25) is 0 Å². The Balaban J connectivity index is 1.47. The Hall–Kier alpha value is -3.13. The smallest absolute Gasteiger partial charge is 0.293 e. The number of benzene rings is 3. The Kier molecular flexibility index (Phi) is 6.40. The first-order chi connectivity index (χ1) is 16.8. The summed E-state index contributed by atoms with van der Waals surface area (Å²) in [5.74, 6) is -1.35. The first-order valence-electron chi connectivity index (χ1n) is 10.5. The predicted molar refractivity (Wildman–Crippen MR) is 135 cm³/mol. The number of fused-ring (bicyclic) bond motifs is 1. The fourth-order valence-electron chi connectivity index (χ4n) is 3.95. The lowest BCUT2D eigenvalue weighted by molar-refractivity contribution is -0.123. The third-order valence-electron chi connectivity index (χ3n) is 5.68. The molecule has 1 aromatic heterocycles. The number of carbonyl (C=O) groups is 2. The molecule has 0 spiro atoms. The fraction of sp³-hybridized carbons (Fsp3) is 0.0769. The number of aromatic nitrogens is 1. The van der Waals surface area contributed by atoms with Crippen molar-refractivity contribution in [2.45, 2.75) is 13.1 Å². The molecule has 0 radical (unpaired) electrons. The number of hydrogen-bond donors (Lipinski definition) is 0.